The molecule has 0 spiro atoms. The molecule has 0 saturated carbocycles. The summed E-state index contributed by atoms with van der Waals surface area (Å²) in [4.78, 5) is 14.7. The second-order valence-corrected chi connectivity index (χ2v) is 8.11. The summed E-state index contributed by atoms with van der Waals surface area (Å²) in [5.41, 5.74) is 4.85. The summed E-state index contributed by atoms with van der Waals surface area (Å²) >= 11 is 0. The van der Waals surface area contributed by atoms with Crippen LogP contribution in [0.3, 0.4) is 0 Å². The smallest absolute Gasteiger partial charge is 0.176 e. The van der Waals surface area contributed by atoms with Crippen LogP contribution in [0.2, 0.25) is 0 Å². The molecule has 0 amide bonds. The van der Waals surface area contributed by atoms with Gasteiger partial charge in [0.25, 0.3) is 0 Å². The Morgan fingerprint density at radius 2 is 1.47 bits per heavy atom. The highest BCUT2D eigenvalue weighted by Gasteiger charge is 2.22. The van der Waals surface area contributed by atoms with E-state index in [1.807, 2.05) is 42.5 Å². The van der Waals surface area contributed by atoms with E-state index in [9.17, 15) is 4.79 Å². The van der Waals surface area contributed by atoms with E-state index < -0.39 is 0 Å². The zero-order valence-electron chi connectivity index (χ0n) is 17.6. The summed E-state index contributed by atoms with van der Waals surface area (Å²) in [6.07, 6.45) is 3.16. The van der Waals surface area contributed by atoms with Crippen LogP contribution < -0.4 is 4.74 Å². The minimum absolute atomic E-state index is 0.219. The van der Waals surface area contributed by atoms with Crippen molar-refractivity contribution < 1.29 is 9.53 Å². The molecule has 3 aromatic carbocycles. The van der Waals surface area contributed by atoms with Crippen molar-refractivity contribution in [3.63, 3.8) is 0 Å². The Labute approximate surface area is 179 Å². The summed E-state index contributed by atoms with van der Waals surface area (Å²) < 4.78 is 5.23. The van der Waals surface area contributed by atoms with Gasteiger partial charge in [0.2, 0.25) is 0 Å². The zero-order chi connectivity index (χ0) is 20.8. The fraction of sp³-hybridized carbons (Fsp3) is 0.296. The Morgan fingerprint density at radius 1 is 0.867 bits per heavy atom. The average molecular weight is 400 g/mol. The van der Waals surface area contributed by atoms with Crippen molar-refractivity contribution in [3.8, 4) is 5.75 Å². The first-order chi connectivity index (χ1) is 14.7. The van der Waals surface area contributed by atoms with Gasteiger partial charge < -0.3 is 4.74 Å². The highest BCUT2D eigenvalue weighted by atomic mass is 16.5. The van der Waals surface area contributed by atoms with Gasteiger partial charge in [0.15, 0.2) is 5.78 Å². The number of rotatable bonds is 7. The summed E-state index contributed by atoms with van der Waals surface area (Å²) in [5.74, 6) is 1.70. The molecule has 3 nitrogen and oxygen atoms in total. The largest absolute Gasteiger partial charge is 0.497 e. The lowest BCUT2D eigenvalue weighted by atomic mass is 9.88. The highest BCUT2D eigenvalue weighted by Crippen LogP contribution is 2.28. The molecular weight excluding hydrogens is 370 g/mol. The van der Waals surface area contributed by atoms with E-state index in [0.29, 0.717) is 12.5 Å². The first-order valence-corrected chi connectivity index (χ1v) is 10.7. The molecule has 0 atom stereocenters. The van der Waals surface area contributed by atoms with Gasteiger partial charge in [-0.15, -0.1) is 0 Å². The monoisotopic (exact) mass is 399 g/mol. The average Bonchev–Trinajstić information content (AvgIpc) is 2.81. The van der Waals surface area contributed by atoms with Crippen LogP contribution in [0, 0.1) is 0 Å². The van der Waals surface area contributed by atoms with Crippen LogP contribution in [-0.2, 0) is 6.42 Å². The molecule has 1 heterocycles. The van der Waals surface area contributed by atoms with Crippen LogP contribution in [0.15, 0.2) is 78.9 Å². The molecule has 154 valence electrons. The highest BCUT2D eigenvalue weighted by molar-refractivity contribution is 5.97. The number of hydrogen-bond acceptors (Lipinski definition) is 3. The van der Waals surface area contributed by atoms with Gasteiger partial charge >= 0.3 is 0 Å². The molecule has 0 radical (unpaired) electrons. The van der Waals surface area contributed by atoms with Gasteiger partial charge in [0, 0.05) is 5.56 Å². The number of likely N-dealkylation sites (tertiary alicyclic amines) is 1. The molecule has 1 fully saturated rings. The number of carbonyl (C=O) groups excluding carboxylic acids is 1. The number of Topliss-reactive ketones (excluding diaryl/α,β-unsaturated/α-hetero) is 1. The Balaban J connectivity index is 1.28. The molecule has 30 heavy (non-hydrogen) atoms. The number of methoxy groups -OCH3 is 1. The van der Waals surface area contributed by atoms with E-state index in [1.54, 1.807) is 7.11 Å². The van der Waals surface area contributed by atoms with Crippen molar-refractivity contribution in [1.82, 2.24) is 4.90 Å². The molecule has 0 aromatic heterocycles. The minimum Gasteiger partial charge on any atom is -0.497 e. The van der Waals surface area contributed by atoms with Gasteiger partial charge in [-0.25, -0.2) is 0 Å². The molecule has 1 aliphatic rings. The van der Waals surface area contributed by atoms with E-state index in [1.165, 1.54) is 16.7 Å². The van der Waals surface area contributed by atoms with E-state index in [0.717, 1.165) is 43.7 Å². The Hall–Kier alpha value is -2.91. The van der Waals surface area contributed by atoms with E-state index in [2.05, 4.69) is 41.3 Å². The maximum Gasteiger partial charge on any atom is 0.176 e. The molecule has 3 heteroatoms. The van der Waals surface area contributed by atoms with Crippen molar-refractivity contribution >= 4 is 5.78 Å². The van der Waals surface area contributed by atoms with Crippen molar-refractivity contribution in [2.75, 3.05) is 26.7 Å². The summed E-state index contributed by atoms with van der Waals surface area (Å²) in [6.45, 7) is 2.49. The van der Waals surface area contributed by atoms with Crippen LogP contribution in [0.4, 0.5) is 0 Å². The van der Waals surface area contributed by atoms with Crippen molar-refractivity contribution in [1.29, 1.82) is 0 Å². The summed E-state index contributed by atoms with van der Waals surface area (Å²) in [7, 11) is 1.69. The topological polar surface area (TPSA) is 29.5 Å². The van der Waals surface area contributed by atoms with Gasteiger partial charge in [-0.05, 0) is 67.1 Å². The Bertz CT molecular complexity index is 940. The van der Waals surface area contributed by atoms with Crippen LogP contribution in [-0.4, -0.2) is 37.4 Å². The Kier molecular flexibility index (Phi) is 6.60. The molecule has 4 rings (SSSR count). The number of ketones is 1. The number of ether oxygens (including phenoxy) is 1. The molecule has 1 aliphatic heterocycles. The maximum absolute atomic E-state index is 12.4. The standard InChI is InChI=1S/C27H29NO2/c1-30-26-13-9-22(10-14-26)19-21-7-11-23(12-8-21)24-15-17-28(18-16-24)20-27(29)25-5-3-2-4-6-25/h2-14,24H,15-20H2,1H3. The van der Waals surface area contributed by atoms with Crippen LogP contribution in [0.5, 0.6) is 5.75 Å². The molecule has 1 saturated heterocycles. The fourth-order valence-corrected chi connectivity index (χ4v) is 4.23. The number of nitrogens with zero attached hydrogens (tertiary/aromatic N) is 1. The van der Waals surface area contributed by atoms with Crippen LogP contribution >= 0.6 is 0 Å². The van der Waals surface area contributed by atoms with Crippen LogP contribution in [0.1, 0.15) is 45.8 Å². The van der Waals surface area contributed by atoms with E-state index in [4.69, 9.17) is 4.74 Å². The van der Waals surface area contributed by atoms with Crippen molar-refractivity contribution in [2.45, 2.75) is 25.2 Å². The first-order valence-electron chi connectivity index (χ1n) is 10.7. The lowest BCUT2D eigenvalue weighted by Crippen LogP contribution is -2.36. The molecular formula is C27H29NO2. The predicted molar refractivity (Wildman–Crippen MR) is 121 cm³/mol. The molecule has 0 aliphatic carbocycles. The van der Waals surface area contributed by atoms with Gasteiger partial charge in [0.05, 0.1) is 13.7 Å². The normalized spacial score (nSPS) is 15.1. The van der Waals surface area contributed by atoms with Gasteiger partial charge in [-0.1, -0.05) is 66.7 Å². The number of carbonyl (C=O) groups is 1. The lowest BCUT2D eigenvalue weighted by molar-refractivity contribution is 0.0909. The lowest BCUT2D eigenvalue weighted by Gasteiger charge is -2.31. The second kappa shape index (κ2) is 9.73. The summed E-state index contributed by atoms with van der Waals surface area (Å²) in [6, 6.07) is 27.0. The molecule has 0 unspecified atom stereocenters. The van der Waals surface area contributed by atoms with Gasteiger partial charge in [-0.2, -0.15) is 0 Å². The molecule has 0 N–H and O–H groups in total. The van der Waals surface area contributed by atoms with Gasteiger partial charge in [-0.3, -0.25) is 9.69 Å². The van der Waals surface area contributed by atoms with Crippen LogP contribution in [0.25, 0.3) is 0 Å². The molecule has 3 aromatic rings. The maximum atomic E-state index is 12.4. The first kappa shape index (κ1) is 20.4. The second-order valence-electron chi connectivity index (χ2n) is 8.11. The number of benzene rings is 3. The quantitative estimate of drug-likeness (QED) is 0.502. The predicted octanol–water partition coefficient (Wildman–Crippen LogP) is 5.35. The van der Waals surface area contributed by atoms with E-state index >= 15 is 0 Å². The third kappa shape index (κ3) is 5.17. The third-order valence-electron chi connectivity index (χ3n) is 6.07. The molecule has 0 bridgehead atoms. The minimum atomic E-state index is 0.219. The zero-order valence-corrected chi connectivity index (χ0v) is 17.6. The Morgan fingerprint density at radius 3 is 2.07 bits per heavy atom. The third-order valence-corrected chi connectivity index (χ3v) is 6.07. The van der Waals surface area contributed by atoms with E-state index in [-0.39, 0.29) is 5.78 Å². The van der Waals surface area contributed by atoms with Crippen molar-refractivity contribution in [2.24, 2.45) is 0 Å². The van der Waals surface area contributed by atoms with Crippen molar-refractivity contribution in [3.05, 3.63) is 101 Å². The number of hydrogen-bond donors (Lipinski definition) is 0. The SMILES string of the molecule is COc1ccc(Cc2ccc(C3CCN(CC(=O)c4ccccc4)CC3)cc2)cc1. The van der Waals surface area contributed by atoms with Gasteiger partial charge in [0.1, 0.15) is 5.75 Å². The number of piperidine rings is 1. The summed E-state index contributed by atoms with van der Waals surface area (Å²) in [5, 5.41) is 0. The fourth-order valence-electron chi connectivity index (χ4n) is 4.23.